The van der Waals surface area contributed by atoms with Gasteiger partial charge in [-0.15, -0.1) is 0 Å². The highest BCUT2D eigenvalue weighted by Crippen LogP contribution is 2.40. The molecule has 35 heavy (non-hydrogen) atoms. The van der Waals surface area contributed by atoms with E-state index in [9.17, 15) is 9.90 Å². The maximum absolute atomic E-state index is 11.6. The van der Waals surface area contributed by atoms with Gasteiger partial charge in [0.2, 0.25) is 0 Å². The third kappa shape index (κ3) is 6.83. The number of carboxylic acids is 1. The zero-order chi connectivity index (χ0) is 24.0. The Morgan fingerprint density at radius 3 is 2.97 bits per heavy atom. The van der Waals surface area contributed by atoms with Gasteiger partial charge in [0.25, 0.3) is 0 Å². The summed E-state index contributed by atoms with van der Waals surface area (Å²) in [5.41, 5.74) is 5.04. The summed E-state index contributed by atoms with van der Waals surface area (Å²) in [4.78, 5) is 19.0. The number of hydrogen-bond acceptors (Lipinski definition) is 5. The van der Waals surface area contributed by atoms with Crippen LogP contribution in [0, 0.1) is 5.92 Å². The lowest BCUT2D eigenvalue weighted by molar-refractivity contribution is -0.137. The number of aryl methyl sites for hydroxylation is 2. The third-order valence-electron chi connectivity index (χ3n) is 7.86. The first-order valence-electron chi connectivity index (χ1n) is 13.6. The van der Waals surface area contributed by atoms with Gasteiger partial charge in [0, 0.05) is 24.8 Å². The maximum Gasteiger partial charge on any atom is 0.305 e. The summed E-state index contributed by atoms with van der Waals surface area (Å²) in [7, 11) is 0. The average Bonchev–Trinajstić information content (AvgIpc) is 3.72. The van der Waals surface area contributed by atoms with E-state index in [0.717, 1.165) is 63.4 Å². The minimum absolute atomic E-state index is 0.120. The second kappa shape index (κ2) is 11.5. The lowest BCUT2D eigenvalue weighted by Gasteiger charge is -2.33. The van der Waals surface area contributed by atoms with Gasteiger partial charge in [0.15, 0.2) is 0 Å². The Hall–Kier alpha value is -2.44. The summed E-state index contributed by atoms with van der Waals surface area (Å²) in [5.74, 6) is 1.60. The molecule has 0 spiro atoms. The number of rotatable bonds is 11. The molecule has 6 nitrogen and oxygen atoms in total. The number of nitrogens with one attached hydrogen (secondary N) is 2. The predicted molar refractivity (Wildman–Crippen MR) is 140 cm³/mol. The summed E-state index contributed by atoms with van der Waals surface area (Å²) in [6, 6.07) is 12.9. The van der Waals surface area contributed by atoms with Gasteiger partial charge in [0.1, 0.15) is 5.82 Å². The van der Waals surface area contributed by atoms with Crippen molar-refractivity contribution in [3.8, 4) is 0 Å². The van der Waals surface area contributed by atoms with Crippen LogP contribution in [-0.2, 0) is 17.6 Å². The Morgan fingerprint density at radius 2 is 2.11 bits per heavy atom. The third-order valence-corrected chi connectivity index (χ3v) is 7.86. The number of pyridine rings is 1. The maximum atomic E-state index is 11.6. The number of carboxylic acid groups (broad SMARTS) is 1. The number of fused-ring (bicyclic) bond motifs is 1. The highest BCUT2D eigenvalue weighted by Gasteiger charge is 2.26. The summed E-state index contributed by atoms with van der Waals surface area (Å²) in [5, 5.41) is 16.6. The van der Waals surface area contributed by atoms with Crippen LogP contribution in [0.1, 0.15) is 79.3 Å². The highest BCUT2D eigenvalue weighted by molar-refractivity contribution is 5.68. The van der Waals surface area contributed by atoms with Crippen LogP contribution in [0.2, 0.25) is 0 Å². The Balaban J connectivity index is 1.10. The Morgan fingerprint density at radius 1 is 1.20 bits per heavy atom. The van der Waals surface area contributed by atoms with Gasteiger partial charge in [-0.2, -0.15) is 0 Å². The van der Waals surface area contributed by atoms with Crippen molar-refractivity contribution in [2.75, 3.05) is 38.0 Å². The van der Waals surface area contributed by atoms with Gasteiger partial charge in [-0.1, -0.05) is 30.3 Å². The molecule has 3 aliphatic rings. The van der Waals surface area contributed by atoms with Crippen LogP contribution in [0.5, 0.6) is 0 Å². The lowest BCUT2D eigenvalue weighted by atomic mass is 9.95. The van der Waals surface area contributed by atoms with Crippen molar-refractivity contribution in [1.82, 2.24) is 15.2 Å². The van der Waals surface area contributed by atoms with Crippen molar-refractivity contribution in [3.63, 3.8) is 0 Å². The highest BCUT2D eigenvalue weighted by atomic mass is 16.4. The van der Waals surface area contributed by atoms with Crippen molar-refractivity contribution in [2.24, 2.45) is 5.92 Å². The summed E-state index contributed by atoms with van der Waals surface area (Å²) < 4.78 is 0. The lowest BCUT2D eigenvalue weighted by Crippen LogP contribution is -2.41. The molecule has 5 rings (SSSR count). The van der Waals surface area contributed by atoms with Crippen LogP contribution in [0.3, 0.4) is 0 Å². The van der Waals surface area contributed by atoms with E-state index >= 15 is 0 Å². The Bertz CT molecular complexity index is 1010. The molecule has 2 aromatic rings. The number of carbonyl (C=O) groups is 1. The molecule has 1 saturated heterocycles. The largest absolute Gasteiger partial charge is 0.481 e. The van der Waals surface area contributed by atoms with Crippen molar-refractivity contribution in [2.45, 2.75) is 69.7 Å². The molecule has 1 aliphatic carbocycles. The number of aromatic nitrogens is 1. The zero-order valence-electron chi connectivity index (χ0n) is 20.8. The monoisotopic (exact) mass is 476 g/mol. The molecule has 1 aromatic heterocycles. The van der Waals surface area contributed by atoms with Gasteiger partial charge < -0.3 is 20.6 Å². The van der Waals surface area contributed by atoms with E-state index in [2.05, 4.69) is 51.9 Å². The number of nitrogens with zero attached hydrogens (tertiary/aromatic N) is 2. The molecule has 1 aromatic carbocycles. The van der Waals surface area contributed by atoms with E-state index in [1.54, 1.807) is 0 Å². The summed E-state index contributed by atoms with van der Waals surface area (Å²) in [6.45, 7) is 5.27. The number of benzene rings is 1. The van der Waals surface area contributed by atoms with E-state index < -0.39 is 5.97 Å². The van der Waals surface area contributed by atoms with Crippen LogP contribution in [0.15, 0.2) is 36.4 Å². The Kier molecular flexibility index (Phi) is 7.99. The van der Waals surface area contributed by atoms with Gasteiger partial charge in [-0.05, 0) is 106 Å². The van der Waals surface area contributed by atoms with E-state index in [-0.39, 0.29) is 12.5 Å². The standard InChI is InChI=1S/C29H40N4O2/c34-28(35)18-27(25-7-1-6-24(17-25)22-10-11-22)31-19-21-5-3-15-33(20-21)16-4-9-26-13-12-23-8-2-14-30-29(23)32-26/h1,6-7,12-13,17,21-22,27,31H,2-5,8-11,14-16,18-20H2,(H,30,32)(H,34,35)/t21-,27-/m0/s1. The van der Waals surface area contributed by atoms with Gasteiger partial charge in [-0.3, -0.25) is 4.79 Å². The molecule has 2 atom stereocenters. The summed E-state index contributed by atoms with van der Waals surface area (Å²) in [6.07, 6.45) is 9.56. The van der Waals surface area contributed by atoms with E-state index in [0.29, 0.717) is 11.8 Å². The molecule has 6 heteroatoms. The van der Waals surface area contributed by atoms with Crippen molar-refractivity contribution in [1.29, 1.82) is 0 Å². The van der Waals surface area contributed by atoms with Gasteiger partial charge in [-0.25, -0.2) is 4.98 Å². The molecular weight excluding hydrogens is 436 g/mol. The number of piperidine rings is 1. The second-order valence-electron chi connectivity index (χ2n) is 10.8. The van der Waals surface area contributed by atoms with Crippen LogP contribution in [0.25, 0.3) is 0 Å². The Labute approximate surface area is 209 Å². The number of anilines is 1. The molecule has 0 bridgehead atoms. The van der Waals surface area contributed by atoms with Gasteiger partial charge >= 0.3 is 5.97 Å². The predicted octanol–water partition coefficient (Wildman–Crippen LogP) is 4.77. The molecular formula is C29H40N4O2. The molecule has 2 fully saturated rings. The van der Waals surface area contributed by atoms with Crippen molar-refractivity contribution < 1.29 is 9.90 Å². The van der Waals surface area contributed by atoms with E-state index in [1.807, 2.05) is 0 Å². The first kappa shape index (κ1) is 24.3. The SMILES string of the molecule is O=C(O)C[C@H](NC[C@@H]1CCCN(CCCc2ccc3c(n2)NCCC3)C1)c1cccc(C2CC2)c1. The normalized spacial score (nSPS) is 21.2. The molecule has 0 amide bonds. The van der Waals surface area contributed by atoms with Crippen LogP contribution < -0.4 is 10.6 Å². The fourth-order valence-corrected chi connectivity index (χ4v) is 5.75. The van der Waals surface area contributed by atoms with Crippen LogP contribution in [-0.4, -0.2) is 53.7 Å². The second-order valence-corrected chi connectivity index (χ2v) is 10.8. The van der Waals surface area contributed by atoms with Crippen LogP contribution >= 0.6 is 0 Å². The average molecular weight is 477 g/mol. The van der Waals surface area contributed by atoms with Crippen molar-refractivity contribution in [3.05, 3.63) is 58.8 Å². The fraction of sp³-hybridized carbons (Fsp3) is 0.586. The first-order valence-corrected chi connectivity index (χ1v) is 13.6. The topological polar surface area (TPSA) is 77.5 Å². The molecule has 1 saturated carbocycles. The molecule has 3 heterocycles. The molecule has 0 unspecified atom stereocenters. The van der Waals surface area contributed by atoms with Crippen molar-refractivity contribution >= 4 is 11.8 Å². The number of hydrogen-bond donors (Lipinski definition) is 3. The fourth-order valence-electron chi connectivity index (χ4n) is 5.75. The van der Waals surface area contributed by atoms with E-state index in [4.69, 9.17) is 4.98 Å². The number of aliphatic carboxylic acids is 1. The smallest absolute Gasteiger partial charge is 0.305 e. The molecule has 0 radical (unpaired) electrons. The molecule has 2 aliphatic heterocycles. The quantitative estimate of drug-likeness (QED) is 0.434. The molecule has 188 valence electrons. The van der Waals surface area contributed by atoms with Crippen LogP contribution in [0.4, 0.5) is 5.82 Å². The van der Waals surface area contributed by atoms with Gasteiger partial charge in [0.05, 0.1) is 6.42 Å². The first-order chi connectivity index (χ1) is 17.1. The minimum atomic E-state index is -0.740. The minimum Gasteiger partial charge on any atom is -0.481 e. The van der Waals surface area contributed by atoms with E-state index in [1.165, 1.54) is 48.9 Å². The summed E-state index contributed by atoms with van der Waals surface area (Å²) >= 11 is 0. The molecule has 3 N–H and O–H groups in total. The zero-order valence-corrected chi connectivity index (χ0v) is 20.8. The number of likely N-dealkylation sites (tertiary alicyclic amines) is 1.